The van der Waals surface area contributed by atoms with Gasteiger partial charge in [-0.3, -0.25) is 10.1 Å². The largest absolute Gasteiger partial charge is 0.494 e. The highest BCUT2D eigenvalue weighted by molar-refractivity contribution is 7.99. The second-order valence-corrected chi connectivity index (χ2v) is 7.31. The summed E-state index contributed by atoms with van der Waals surface area (Å²) in [5, 5.41) is 12.7. The Kier molecular flexibility index (Phi) is 7.42. The van der Waals surface area contributed by atoms with Gasteiger partial charge in [0.15, 0.2) is 0 Å². The molecule has 1 aromatic carbocycles. The maximum absolute atomic E-state index is 12.6. The molecule has 2 saturated heterocycles. The molecule has 1 unspecified atom stereocenters. The first-order chi connectivity index (χ1) is 11.7. The number of hydrogen-bond acceptors (Lipinski definition) is 5. The van der Waals surface area contributed by atoms with Crippen LogP contribution >= 0.6 is 24.2 Å². The number of carbonyl (C=O) groups is 1. The first-order valence-electron chi connectivity index (χ1n) is 8.53. The molecule has 0 radical (unpaired) electrons. The summed E-state index contributed by atoms with van der Waals surface area (Å²) in [5.41, 5.74) is 1.15. The predicted molar refractivity (Wildman–Crippen MR) is 102 cm³/mol. The normalized spacial score (nSPS) is 25.3. The summed E-state index contributed by atoms with van der Waals surface area (Å²) < 4.78 is 5.61. The number of benzene rings is 1. The highest BCUT2D eigenvalue weighted by Crippen LogP contribution is 2.34. The van der Waals surface area contributed by atoms with Crippen molar-refractivity contribution in [3.05, 3.63) is 29.8 Å². The van der Waals surface area contributed by atoms with Crippen molar-refractivity contribution >= 4 is 30.1 Å². The quantitative estimate of drug-likeness (QED) is 0.848. The lowest BCUT2D eigenvalue weighted by Gasteiger charge is -2.23. The molecule has 7 heteroatoms. The maximum atomic E-state index is 12.6. The number of amides is 1. The molecule has 3 rings (SSSR count). The Bertz CT molecular complexity index is 620. The Morgan fingerprint density at radius 1 is 1.44 bits per heavy atom. The third-order valence-electron chi connectivity index (χ3n) is 4.42. The van der Waals surface area contributed by atoms with Crippen molar-refractivity contribution in [1.82, 2.24) is 10.2 Å². The zero-order valence-electron chi connectivity index (χ0n) is 14.3. The lowest BCUT2D eigenvalue weighted by molar-refractivity contribution is -0.132. The van der Waals surface area contributed by atoms with Crippen LogP contribution in [0, 0.1) is 11.3 Å². The number of hydrogen-bond donors (Lipinski definition) is 1. The zero-order chi connectivity index (χ0) is 16.9. The smallest absolute Gasteiger partial charge is 0.241 e. The molecule has 2 fully saturated rings. The fourth-order valence-corrected chi connectivity index (χ4v) is 4.36. The summed E-state index contributed by atoms with van der Waals surface area (Å²) in [6.45, 7) is 3.51. The van der Waals surface area contributed by atoms with Gasteiger partial charge in [-0.15, -0.1) is 24.2 Å². The number of rotatable bonds is 5. The van der Waals surface area contributed by atoms with E-state index in [0.29, 0.717) is 6.54 Å². The summed E-state index contributed by atoms with van der Waals surface area (Å²) in [6, 6.07) is 9.85. The van der Waals surface area contributed by atoms with Gasteiger partial charge in [0.2, 0.25) is 5.91 Å². The lowest BCUT2D eigenvalue weighted by Crippen LogP contribution is -2.46. The van der Waals surface area contributed by atoms with Crippen molar-refractivity contribution in [3.63, 3.8) is 0 Å². The molecule has 2 aliphatic rings. The first kappa shape index (κ1) is 19.9. The van der Waals surface area contributed by atoms with Crippen LogP contribution in [0.25, 0.3) is 0 Å². The van der Waals surface area contributed by atoms with Crippen LogP contribution in [0.3, 0.4) is 0 Å². The van der Waals surface area contributed by atoms with E-state index < -0.39 is 0 Å². The van der Waals surface area contributed by atoms with E-state index in [2.05, 4.69) is 30.4 Å². The molecule has 5 nitrogen and oxygen atoms in total. The zero-order valence-corrected chi connectivity index (χ0v) is 15.9. The molecule has 0 aliphatic carbocycles. The Morgan fingerprint density at radius 3 is 2.88 bits per heavy atom. The summed E-state index contributed by atoms with van der Waals surface area (Å²) in [7, 11) is 0. The minimum atomic E-state index is -0.252. The van der Waals surface area contributed by atoms with E-state index in [1.165, 1.54) is 0 Å². The molecule has 2 aliphatic heterocycles. The standard InChI is InChI=1S/C18H23N3O2S.ClH/c1-2-10-23-15-7-5-13(6-8-15)17-20-16(12-24-17)18(22)21-9-3-4-14(21)11-19;/h5-8,14,16-17,20H,2-4,9-10,12H2,1H3;1H/t14-,16-,17?;/m0./s1. The van der Waals surface area contributed by atoms with Gasteiger partial charge in [0, 0.05) is 12.3 Å². The van der Waals surface area contributed by atoms with E-state index in [9.17, 15) is 4.79 Å². The topological polar surface area (TPSA) is 65.4 Å². The van der Waals surface area contributed by atoms with Crippen LogP contribution in [-0.4, -0.2) is 41.8 Å². The SMILES string of the molecule is CCCOc1ccc(C2N[C@H](C(=O)N3CCC[C@H]3C#N)CS2)cc1.Cl. The molecule has 1 amide bonds. The molecule has 2 heterocycles. The van der Waals surface area contributed by atoms with E-state index >= 15 is 0 Å². The molecule has 1 N–H and O–H groups in total. The molecule has 25 heavy (non-hydrogen) atoms. The molecule has 3 atom stereocenters. The van der Waals surface area contributed by atoms with Gasteiger partial charge in [0.25, 0.3) is 0 Å². The van der Waals surface area contributed by atoms with Crippen molar-refractivity contribution in [1.29, 1.82) is 5.26 Å². The number of nitrogens with one attached hydrogen (secondary N) is 1. The van der Waals surface area contributed by atoms with E-state index in [0.717, 1.165) is 42.9 Å². The van der Waals surface area contributed by atoms with Gasteiger partial charge in [-0.2, -0.15) is 5.26 Å². The average molecular weight is 382 g/mol. The fraction of sp³-hybridized carbons (Fsp3) is 0.556. The predicted octanol–water partition coefficient (Wildman–Crippen LogP) is 3.12. The average Bonchev–Trinajstić information content (AvgIpc) is 3.29. The van der Waals surface area contributed by atoms with Gasteiger partial charge in [0.05, 0.1) is 24.1 Å². The third-order valence-corrected chi connectivity index (χ3v) is 5.69. The van der Waals surface area contributed by atoms with Crippen LogP contribution in [0.15, 0.2) is 24.3 Å². The number of nitrogens with zero attached hydrogens (tertiary/aromatic N) is 2. The summed E-state index contributed by atoms with van der Waals surface area (Å²) in [6.07, 6.45) is 2.71. The van der Waals surface area contributed by atoms with Crippen molar-refractivity contribution in [2.75, 3.05) is 18.9 Å². The molecule has 0 spiro atoms. The number of carbonyl (C=O) groups excluding carboxylic acids is 1. The lowest BCUT2D eigenvalue weighted by atomic mass is 10.2. The maximum Gasteiger partial charge on any atom is 0.241 e. The van der Waals surface area contributed by atoms with Crippen LogP contribution in [0.4, 0.5) is 0 Å². The first-order valence-corrected chi connectivity index (χ1v) is 9.58. The van der Waals surface area contributed by atoms with Gasteiger partial charge >= 0.3 is 0 Å². The van der Waals surface area contributed by atoms with Gasteiger partial charge in [-0.05, 0) is 37.0 Å². The summed E-state index contributed by atoms with van der Waals surface area (Å²) in [4.78, 5) is 14.4. The third kappa shape index (κ3) is 4.60. The van der Waals surface area contributed by atoms with E-state index in [4.69, 9.17) is 10.00 Å². The van der Waals surface area contributed by atoms with Gasteiger partial charge in [-0.1, -0.05) is 19.1 Å². The monoisotopic (exact) mass is 381 g/mol. The molecule has 0 aromatic heterocycles. The molecule has 1 aromatic rings. The number of ether oxygens (including phenoxy) is 1. The number of nitriles is 1. The van der Waals surface area contributed by atoms with E-state index in [-0.39, 0.29) is 35.8 Å². The minimum absolute atomic E-state index is 0. The Hall–Kier alpha value is -1.42. The Balaban J connectivity index is 0.00000225. The second kappa shape index (κ2) is 9.33. The molecule has 0 saturated carbocycles. The number of likely N-dealkylation sites (tertiary alicyclic amines) is 1. The highest BCUT2D eigenvalue weighted by atomic mass is 35.5. The van der Waals surface area contributed by atoms with Crippen LogP contribution in [-0.2, 0) is 4.79 Å². The van der Waals surface area contributed by atoms with Crippen molar-refractivity contribution < 1.29 is 9.53 Å². The summed E-state index contributed by atoms with van der Waals surface area (Å²) >= 11 is 1.74. The Labute approximate surface area is 159 Å². The second-order valence-electron chi connectivity index (χ2n) is 6.17. The van der Waals surface area contributed by atoms with Crippen LogP contribution < -0.4 is 10.1 Å². The van der Waals surface area contributed by atoms with Crippen LogP contribution in [0.1, 0.15) is 37.1 Å². The van der Waals surface area contributed by atoms with Crippen LogP contribution in [0.5, 0.6) is 5.75 Å². The molecule has 136 valence electrons. The Morgan fingerprint density at radius 2 is 2.20 bits per heavy atom. The van der Waals surface area contributed by atoms with Gasteiger partial charge < -0.3 is 9.64 Å². The van der Waals surface area contributed by atoms with Crippen molar-refractivity contribution in [2.24, 2.45) is 0 Å². The molecule has 0 bridgehead atoms. The molecular weight excluding hydrogens is 358 g/mol. The van der Waals surface area contributed by atoms with E-state index in [1.807, 2.05) is 12.1 Å². The van der Waals surface area contributed by atoms with Crippen molar-refractivity contribution in [2.45, 2.75) is 43.6 Å². The van der Waals surface area contributed by atoms with E-state index in [1.54, 1.807) is 16.7 Å². The minimum Gasteiger partial charge on any atom is -0.494 e. The summed E-state index contributed by atoms with van der Waals surface area (Å²) in [5.74, 6) is 1.69. The fourth-order valence-electron chi connectivity index (χ4n) is 3.13. The number of thioether (sulfide) groups is 1. The number of halogens is 1. The van der Waals surface area contributed by atoms with Crippen LogP contribution in [0.2, 0.25) is 0 Å². The van der Waals surface area contributed by atoms with Crippen molar-refractivity contribution in [3.8, 4) is 11.8 Å². The highest BCUT2D eigenvalue weighted by Gasteiger charge is 2.37. The molecular formula is C18H24ClN3O2S. The van der Waals surface area contributed by atoms with Gasteiger partial charge in [-0.25, -0.2) is 0 Å². The van der Waals surface area contributed by atoms with Gasteiger partial charge in [0.1, 0.15) is 11.8 Å².